The second-order valence-electron chi connectivity index (χ2n) is 15.1. The highest BCUT2D eigenvalue weighted by Crippen LogP contribution is 2.54. The lowest BCUT2D eigenvalue weighted by Crippen LogP contribution is -2.29. The number of anilines is 2. The van der Waals surface area contributed by atoms with Crippen molar-refractivity contribution in [3.8, 4) is 6.07 Å². The Morgan fingerprint density at radius 3 is 2.13 bits per heavy atom. The number of furan rings is 2. The van der Waals surface area contributed by atoms with Crippen molar-refractivity contribution in [2.45, 2.75) is 25.3 Å². The van der Waals surface area contributed by atoms with Crippen molar-refractivity contribution in [3.05, 3.63) is 168 Å². The third-order valence-electron chi connectivity index (χ3n) is 12.2. The summed E-state index contributed by atoms with van der Waals surface area (Å²) in [5.74, 6) is 0.173. The number of nitrogens with zero attached hydrogens (tertiary/aromatic N) is 3. The van der Waals surface area contributed by atoms with Gasteiger partial charge in [0.1, 0.15) is 11.2 Å². The minimum Gasteiger partial charge on any atom is -0.454 e. The van der Waals surface area contributed by atoms with Crippen LogP contribution in [0.2, 0.25) is 0 Å². The van der Waals surface area contributed by atoms with E-state index < -0.39 is 0 Å². The van der Waals surface area contributed by atoms with Gasteiger partial charge in [0.25, 0.3) is 0 Å². The molecule has 3 atom stereocenters. The van der Waals surface area contributed by atoms with E-state index in [2.05, 4.69) is 156 Å². The zero-order valence-corrected chi connectivity index (χ0v) is 30.0. The topological polar surface area (TPSA) is 58.2 Å². The van der Waals surface area contributed by atoms with Gasteiger partial charge in [-0.25, -0.2) is 0 Å². The molecular formula is C50H33N3O2. The number of aromatic nitrogens is 1. The molecule has 0 fully saturated rings. The van der Waals surface area contributed by atoms with Crippen molar-refractivity contribution in [2.24, 2.45) is 5.92 Å². The average molecular weight is 708 g/mol. The van der Waals surface area contributed by atoms with Crippen LogP contribution >= 0.6 is 0 Å². The van der Waals surface area contributed by atoms with E-state index in [1.807, 2.05) is 18.2 Å². The number of rotatable bonds is 3. The molecule has 0 amide bonds. The van der Waals surface area contributed by atoms with Crippen LogP contribution in [0.15, 0.2) is 166 Å². The van der Waals surface area contributed by atoms with Gasteiger partial charge in [-0.15, -0.1) is 0 Å². The van der Waals surface area contributed by atoms with Crippen LogP contribution in [0.1, 0.15) is 30.4 Å². The molecule has 0 saturated carbocycles. The molecule has 2 unspecified atom stereocenters. The van der Waals surface area contributed by atoms with E-state index in [4.69, 9.17) is 8.83 Å². The van der Waals surface area contributed by atoms with Crippen LogP contribution < -0.4 is 4.90 Å². The average Bonchev–Trinajstić information content (AvgIpc) is 3.98. The highest BCUT2D eigenvalue weighted by molar-refractivity contribution is 6.22. The quantitative estimate of drug-likeness (QED) is 0.183. The van der Waals surface area contributed by atoms with Crippen molar-refractivity contribution in [1.82, 2.24) is 4.57 Å². The molecule has 0 spiro atoms. The molecule has 6 aromatic carbocycles. The highest BCUT2D eigenvalue weighted by Gasteiger charge is 2.41. The van der Waals surface area contributed by atoms with Crippen molar-refractivity contribution < 1.29 is 8.83 Å². The number of hydrogen-bond acceptors (Lipinski definition) is 4. The van der Waals surface area contributed by atoms with Gasteiger partial charge >= 0.3 is 0 Å². The molecule has 1 aliphatic heterocycles. The minimum absolute atomic E-state index is 0.0163. The maximum absolute atomic E-state index is 10.9. The maximum atomic E-state index is 10.9. The number of para-hydroxylation sites is 4. The molecular weight excluding hydrogens is 675 g/mol. The molecule has 4 heterocycles. The van der Waals surface area contributed by atoms with Crippen LogP contribution in [0, 0.1) is 17.2 Å². The fourth-order valence-corrected chi connectivity index (χ4v) is 9.83. The smallest absolute Gasteiger partial charge is 0.160 e. The Hall–Kier alpha value is -7.03. The number of fused-ring (bicyclic) bond motifs is 14. The summed E-state index contributed by atoms with van der Waals surface area (Å²) in [4.78, 5) is 2.51. The van der Waals surface area contributed by atoms with E-state index in [9.17, 15) is 5.26 Å². The van der Waals surface area contributed by atoms with Gasteiger partial charge in [0, 0.05) is 49.5 Å². The normalized spacial score (nSPS) is 19.3. The van der Waals surface area contributed by atoms with E-state index in [0.29, 0.717) is 0 Å². The van der Waals surface area contributed by atoms with Gasteiger partial charge in [-0.3, -0.25) is 0 Å². The zero-order valence-electron chi connectivity index (χ0n) is 30.0. The molecule has 0 N–H and O–H groups in total. The summed E-state index contributed by atoms with van der Waals surface area (Å²) in [6, 6.07) is 45.5. The third kappa shape index (κ3) is 4.11. The lowest BCUT2D eigenvalue weighted by molar-refractivity contribution is 0.667. The van der Waals surface area contributed by atoms with E-state index in [1.54, 1.807) is 0 Å². The molecule has 9 aromatic rings. The number of allylic oxidation sites excluding steroid dienone is 6. The molecule has 0 radical (unpaired) electrons. The second kappa shape index (κ2) is 11.2. The largest absolute Gasteiger partial charge is 0.454 e. The van der Waals surface area contributed by atoms with Crippen LogP contribution in [0.25, 0.3) is 77.0 Å². The summed E-state index contributed by atoms with van der Waals surface area (Å²) in [6.45, 7) is 2.19. The molecule has 3 aromatic heterocycles. The molecule has 2 aliphatic carbocycles. The maximum Gasteiger partial charge on any atom is 0.160 e. The lowest BCUT2D eigenvalue weighted by Gasteiger charge is -2.32. The van der Waals surface area contributed by atoms with E-state index in [1.165, 1.54) is 11.1 Å². The molecule has 55 heavy (non-hydrogen) atoms. The molecule has 260 valence electrons. The summed E-state index contributed by atoms with van der Waals surface area (Å²) >= 11 is 0. The van der Waals surface area contributed by atoms with Crippen molar-refractivity contribution in [1.29, 1.82) is 5.26 Å². The van der Waals surface area contributed by atoms with Gasteiger partial charge in [-0.2, -0.15) is 5.26 Å². The number of hydrogen-bond donors (Lipinski definition) is 0. The predicted molar refractivity (Wildman–Crippen MR) is 224 cm³/mol. The van der Waals surface area contributed by atoms with E-state index in [-0.39, 0.29) is 17.9 Å². The molecule has 5 nitrogen and oxygen atoms in total. The molecule has 5 heteroatoms. The summed E-state index contributed by atoms with van der Waals surface area (Å²) in [5.41, 5.74) is 13.1. The van der Waals surface area contributed by atoms with Gasteiger partial charge in [0.2, 0.25) is 0 Å². The van der Waals surface area contributed by atoms with Gasteiger partial charge in [-0.1, -0.05) is 122 Å². The van der Waals surface area contributed by atoms with Crippen LogP contribution in [0.3, 0.4) is 0 Å². The van der Waals surface area contributed by atoms with E-state index >= 15 is 0 Å². The third-order valence-corrected chi connectivity index (χ3v) is 12.2. The van der Waals surface area contributed by atoms with Crippen molar-refractivity contribution in [3.63, 3.8) is 0 Å². The van der Waals surface area contributed by atoms with Gasteiger partial charge in [0.05, 0.1) is 40.1 Å². The first-order valence-corrected chi connectivity index (χ1v) is 19.0. The van der Waals surface area contributed by atoms with Gasteiger partial charge in [0.15, 0.2) is 11.2 Å². The highest BCUT2D eigenvalue weighted by atomic mass is 16.3. The van der Waals surface area contributed by atoms with Gasteiger partial charge < -0.3 is 18.3 Å². The molecule has 0 bridgehead atoms. The van der Waals surface area contributed by atoms with E-state index in [0.717, 1.165) is 100 Å². The number of nitriles is 1. The monoisotopic (exact) mass is 707 g/mol. The first-order chi connectivity index (χ1) is 27.2. The van der Waals surface area contributed by atoms with Crippen molar-refractivity contribution >= 4 is 88.3 Å². The molecule has 0 saturated heterocycles. The van der Waals surface area contributed by atoms with Crippen molar-refractivity contribution in [2.75, 3.05) is 4.90 Å². The Bertz CT molecular complexity index is 3300. The second-order valence-corrected chi connectivity index (χ2v) is 15.1. The Morgan fingerprint density at radius 2 is 1.31 bits per heavy atom. The first kappa shape index (κ1) is 30.4. The summed E-state index contributed by atoms with van der Waals surface area (Å²) < 4.78 is 15.7. The van der Waals surface area contributed by atoms with Crippen LogP contribution in [-0.2, 0) is 0 Å². The van der Waals surface area contributed by atoms with Crippen LogP contribution in [-0.4, -0.2) is 10.6 Å². The minimum atomic E-state index is -0.0163. The summed E-state index contributed by atoms with van der Waals surface area (Å²) in [5, 5.41) is 17.5. The Kier molecular flexibility index (Phi) is 6.22. The van der Waals surface area contributed by atoms with Gasteiger partial charge in [-0.05, 0) is 59.9 Å². The lowest BCUT2D eigenvalue weighted by atomic mass is 9.83. The Morgan fingerprint density at radius 1 is 0.655 bits per heavy atom. The molecule has 3 aliphatic rings. The Balaban J connectivity index is 1.11. The summed E-state index contributed by atoms with van der Waals surface area (Å²) in [6.07, 6.45) is 12.0. The zero-order chi connectivity index (χ0) is 36.4. The summed E-state index contributed by atoms with van der Waals surface area (Å²) in [7, 11) is 0. The standard InChI is InChI=1S/C50H33N3O2/c1-29-26-30(27-44(40(29)28-51)53-43-19-9-4-14-33(43)37-23-25-39-35-16-6-11-21-46(35)55-50(39)48(37)53)31-12-2-7-17-41(31)52-42-18-8-3-13-32(42)36-22-24-38-34-15-5-10-20-45(34)54-49(38)47(36)52/h2-25,27,29,32,42H,26H2,1H3/t29?,32-,42?/m0/s1. The molecule has 12 rings (SSSR count). The van der Waals surface area contributed by atoms with Crippen LogP contribution in [0.5, 0.6) is 0 Å². The SMILES string of the molecule is CC1CC(c2ccccc2N2c3c(ccc4c3oc3ccccc34)[C@@H]3C=CC=CC32)=CC(n2c3ccccc3c3ccc4c5ccccc5oc4c32)=C1C#N. The fourth-order valence-electron chi connectivity index (χ4n) is 9.83. The first-order valence-electron chi connectivity index (χ1n) is 19.0. The van der Waals surface area contributed by atoms with Crippen LogP contribution in [0.4, 0.5) is 11.4 Å². The Labute approximate surface area is 316 Å². The number of benzene rings is 6. The fraction of sp³-hybridized carbons (Fsp3) is 0.100. The predicted octanol–water partition coefficient (Wildman–Crippen LogP) is 13.2.